The zero-order chi connectivity index (χ0) is 8.27. The molecule has 3 N–H and O–H groups in total. The van der Waals surface area contributed by atoms with Gasteiger partial charge in [0, 0.05) is 5.38 Å². The molecule has 11 heavy (non-hydrogen) atoms. The number of nitrogen functional groups attached to an aromatic ring is 1. The molecule has 0 saturated carbocycles. The maximum atomic E-state index is 10.4. The Morgan fingerprint density at radius 1 is 1.82 bits per heavy atom. The second kappa shape index (κ2) is 3.11. The van der Waals surface area contributed by atoms with E-state index in [-0.39, 0.29) is 6.29 Å². The molecule has 0 aliphatic heterocycles. The highest BCUT2D eigenvalue weighted by atomic mass is 32.1. The molecule has 1 amide bonds. The van der Waals surface area contributed by atoms with Gasteiger partial charge in [0.15, 0.2) is 5.13 Å². The molecule has 0 fully saturated rings. The van der Waals surface area contributed by atoms with E-state index in [1.165, 1.54) is 11.3 Å². The number of aromatic nitrogens is 1. The summed E-state index contributed by atoms with van der Waals surface area (Å²) in [5.41, 5.74) is 5.26. The summed E-state index contributed by atoms with van der Waals surface area (Å²) in [6.45, 7) is 0. The largest absolute Gasteiger partial charge is 0.375 e. The number of nitrogens with zero attached hydrogens (tertiary/aromatic N) is 1. The predicted molar refractivity (Wildman–Crippen MR) is 41.2 cm³/mol. The van der Waals surface area contributed by atoms with Gasteiger partial charge in [0.2, 0.25) is 6.29 Å². The van der Waals surface area contributed by atoms with E-state index in [2.05, 4.69) is 10.3 Å². The number of nitrogens with two attached hydrogens (primary N) is 1. The van der Waals surface area contributed by atoms with Gasteiger partial charge in [0.1, 0.15) is 5.82 Å². The summed E-state index contributed by atoms with van der Waals surface area (Å²) in [7, 11) is 0. The van der Waals surface area contributed by atoms with Crippen molar-refractivity contribution >= 4 is 34.5 Å². The molecule has 58 valence electrons. The van der Waals surface area contributed by atoms with Gasteiger partial charge in [-0.25, -0.2) is 4.98 Å². The molecule has 0 saturated heterocycles. The van der Waals surface area contributed by atoms with Gasteiger partial charge in [0.05, 0.1) is 0 Å². The molecule has 0 unspecified atom stereocenters. The van der Waals surface area contributed by atoms with E-state index in [4.69, 9.17) is 5.73 Å². The molecule has 1 heterocycles. The second-order valence-electron chi connectivity index (χ2n) is 1.68. The maximum Gasteiger partial charge on any atom is 0.289 e. The minimum atomic E-state index is -0.727. The van der Waals surface area contributed by atoms with Crippen molar-refractivity contribution < 1.29 is 9.59 Å². The zero-order valence-electron chi connectivity index (χ0n) is 5.40. The summed E-state index contributed by atoms with van der Waals surface area (Å²) >= 11 is 1.19. The highest BCUT2D eigenvalue weighted by molar-refractivity contribution is 7.13. The van der Waals surface area contributed by atoms with Crippen molar-refractivity contribution in [2.45, 2.75) is 0 Å². The fourth-order valence-electron chi connectivity index (χ4n) is 0.501. The summed E-state index contributed by atoms with van der Waals surface area (Å²) in [4.78, 5) is 24.0. The third-order valence-electron chi connectivity index (χ3n) is 0.880. The van der Waals surface area contributed by atoms with Gasteiger partial charge in [-0.1, -0.05) is 0 Å². The van der Waals surface area contributed by atoms with Crippen LogP contribution in [0.1, 0.15) is 0 Å². The average Bonchev–Trinajstić information content (AvgIpc) is 2.35. The van der Waals surface area contributed by atoms with Gasteiger partial charge in [-0.05, 0) is 0 Å². The Balaban J connectivity index is 2.64. The van der Waals surface area contributed by atoms with E-state index in [0.29, 0.717) is 10.9 Å². The lowest BCUT2D eigenvalue weighted by Crippen LogP contribution is -2.12. The standard InChI is InChI=1S/C5H5N3O2S/c6-5-8-3(2-11-5)7-4(10)1-9/h1-2H,(H2,6,8)(H,7,10). The van der Waals surface area contributed by atoms with Gasteiger partial charge in [-0.15, -0.1) is 11.3 Å². The van der Waals surface area contributed by atoms with Crippen LogP contribution in [0, 0.1) is 0 Å². The van der Waals surface area contributed by atoms with Crippen molar-refractivity contribution in [1.82, 2.24) is 4.98 Å². The molecule has 0 aliphatic rings. The number of hydrogen-bond acceptors (Lipinski definition) is 5. The number of carbonyl (C=O) groups excluding carboxylic acids is 2. The molecule has 0 atom stereocenters. The van der Waals surface area contributed by atoms with Crippen LogP contribution in [-0.2, 0) is 9.59 Å². The molecule has 0 spiro atoms. The van der Waals surface area contributed by atoms with Crippen molar-refractivity contribution in [3.8, 4) is 0 Å². The average molecular weight is 171 g/mol. The van der Waals surface area contributed by atoms with Crippen molar-refractivity contribution in [2.24, 2.45) is 0 Å². The van der Waals surface area contributed by atoms with Crippen LogP contribution in [0.5, 0.6) is 0 Å². The molecule has 5 nitrogen and oxygen atoms in total. The van der Waals surface area contributed by atoms with Gasteiger partial charge in [0.25, 0.3) is 5.91 Å². The summed E-state index contributed by atoms with van der Waals surface area (Å²) in [5.74, 6) is -0.417. The first-order chi connectivity index (χ1) is 5.22. The Kier molecular flexibility index (Phi) is 2.17. The molecule has 6 heteroatoms. The molecule has 0 aliphatic carbocycles. The van der Waals surface area contributed by atoms with Crippen molar-refractivity contribution in [2.75, 3.05) is 11.1 Å². The summed E-state index contributed by atoms with van der Waals surface area (Å²) < 4.78 is 0. The number of hydrogen-bond donors (Lipinski definition) is 2. The molecular weight excluding hydrogens is 166 g/mol. The van der Waals surface area contributed by atoms with E-state index in [1.54, 1.807) is 5.38 Å². The summed E-state index contributed by atoms with van der Waals surface area (Å²) in [6.07, 6.45) is 0.176. The highest BCUT2D eigenvalue weighted by Gasteiger charge is 2.01. The number of amides is 1. The number of carbonyl (C=O) groups is 2. The lowest BCUT2D eigenvalue weighted by Gasteiger charge is -1.91. The van der Waals surface area contributed by atoms with Crippen LogP contribution in [0.15, 0.2) is 5.38 Å². The third kappa shape index (κ3) is 2.01. The first kappa shape index (κ1) is 7.67. The van der Waals surface area contributed by atoms with Gasteiger partial charge in [-0.3, -0.25) is 9.59 Å². The zero-order valence-corrected chi connectivity index (χ0v) is 6.22. The molecule has 1 rings (SSSR count). The van der Waals surface area contributed by atoms with Crippen LogP contribution < -0.4 is 11.1 Å². The number of nitrogens with one attached hydrogen (secondary N) is 1. The molecule has 0 bridgehead atoms. The van der Waals surface area contributed by atoms with E-state index in [9.17, 15) is 9.59 Å². The van der Waals surface area contributed by atoms with E-state index < -0.39 is 5.91 Å². The SMILES string of the molecule is Nc1nc(NC(=O)C=O)cs1. The molecule has 0 aromatic carbocycles. The van der Waals surface area contributed by atoms with Gasteiger partial charge in [-0.2, -0.15) is 0 Å². The van der Waals surface area contributed by atoms with Crippen LogP contribution in [0.4, 0.5) is 10.9 Å². The minimum Gasteiger partial charge on any atom is -0.375 e. The minimum absolute atomic E-state index is 0.176. The van der Waals surface area contributed by atoms with Crippen LogP contribution >= 0.6 is 11.3 Å². The van der Waals surface area contributed by atoms with Crippen LogP contribution in [-0.4, -0.2) is 17.2 Å². The lowest BCUT2D eigenvalue weighted by molar-refractivity contribution is -0.127. The summed E-state index contributed by atoms with van der Waals surface area (Å²) in [5, 5.41) is 4.13. The number of rotatable bonds is 2. The number of anilines is 2. The monoisotopic (exact) mass is 171 g/mol. The Hall–Kier alpha value is -1.43. The van der Waals surface area contributed by atoms with Gasteiger partial charge >= 0.3 is 0 Å². The maximum absolute atomic E-state index is 10.4. The van der Waals surface area contributed by atoms with E-state index in [0.717, 1.165) is 0 Å². The van der Waals surface area contributed by atoms with Crippen molar-refractivity contribution in [3.05, 3.63) is 5.38 Å². The normalized spacial score (nSPS) is 9.09. The van der Waals surface area contributed by atoms with E-state index >= 15 is 0 Å². The fraction of sp³-hybridized carbons (Fsp3) is 0. The molecule has 1 aromatic heterocycles. The highest BCUT2D eigenvalue weighted by Crippen LogP contribution is 2.14. The van der Waals surface area contributed by atoms with Crippen molar-refractivity contribution in [3.63, 3.8) is 0 Å². The van der Waals surface area contributed by atoms with Crippen LogP contribution in [0.2, 0.25) is 0 Å². The Morgan fingerprint density at radius 3 is 3.00 bits per heavy atom. The van der Waals surface area contributed by atoms with Crippen molar-refractivity contribution in [1.29, 1.82) is 0 Å². The molecular formula is C5H5N3O2S. The molecule has 1 aromatic rings. The third-order valence-corrected chi connectivity index (χ3v) is 1.55. The first-order valence-corrected chi connectivity index (χ1v) is 3.57. The van der Waals surface area contributed by atoms with Gasteiger partial charge < -0.3 is 11.1 Å². The quantitative estimate of drug-likeness (QED) is 0.479. The number of thiazole rings is 1. The fourth-order valence-corrected chi connectivity index (χ4v) is 0.996. The first-order valence-electron chi connectivity index (χ1n) is 2.69. The van der Waals surface area contributed by atoms with Crippen LogP contribution in [0.25, 0.3) is 0 Å². The second-order valence-corrected chi connectivity index (χ2v) is 2.57. The lowest BCUT2D eigenvalue weighted by atomic mass is 10.6. The molecule has 0 radical (unpaired) electrons. The van der Waals surface area contributed by atoms with E-state index in [1.807, 2.05) is 0 Å². The smallest absolute Gasteiger partial charge is 0.289 e. The summed E-state index contributed by atoms with van der Waals surface area (Å²) in [6, 6.07) is 0. The number of aldehydes is 1. The Labute approximate surface area is 66.2 Å². The Morgan fingerprint density at radius 2 is 2.55 bits per heavy atom. The van der Waals surface area contributed by atoms with Crippen LogP contribution in [0.3, 0.4) is 0 Å². The topological polar surface area (TPSA) is 85.1 Å². The Bertz CT molecular complexity index is 283. The predicted octanol–water partition coefficient (Wildman–Crippen LogP) is -0.137.